The predicted molar refractivity (Wildman–Crippen MR) is 66.4 cm³/mol. The Hall–Kier alpha value is -1.68. The highest BCUT2D eigenvalue weighted by molar-refractivity contribution is 9.10. The first kappa shape index (κ1) is 10.8. The van der Waals surface area contributed by atoms with Crippen LogP contribution < -0.4 is 0 Å². The summed E-state index contributed by atoms with van der Waals surface area (Å²) < 4.78 is 1.01. The van der Waals surface area contributed by atoms with Crippen LogP contribution in [0.25, 0.3) is 0 Å². The number of halogens is 1. The van der Waals surface area contributed by atoms with Gasteiger partial charge >= 0.3 is 0 Å². The summed E-state index contributed by atoms with van der Waals surface area (Å²) in [5.74, 6) is 0.225. The minimum Gasteiger partial charge on any atom is -0.508 e. The Labute approximate surface area is 102 Å². The van der Waals surface area contributed by atoms with Crippen molar-refractivity contribution >= 4 is 27.3 Å². The van der Waals surface area contributed by atoms with Gasteiger partial charge < -0.3 is 5.11 Å². The minimum atomic E-state index is 0.225. The average molecular weight is 277 g/mol. The van der Waals surface area contributed by atoms with Crippen LogP contribution in [0, 0.1) is 0 Å². The summed E-state index contributed by atoms with van der Waals surface area (Å²) in [5.41, 5.74) is 1.50. The fourth-order valence-corrected chi connectivity index (χ4v) is 1.41. The molecule has 3 nitrogen and oxygen atoms in total. The van der Waals surface area contributed by atoms with Crippen molar-refractivity contribution in [1.82, 2.24) is 0 Å². The molecule has 0 atom stereocenters. The summed E-state index contributed by atoms with van der Waals surface area (Å²) >= 11 is 3.35. The lowest BCUT2D eigenvalue weighted by Crippen LogP contribution is -1.66. The van der Waals surface area contributed by atoms with E-state index in [0.29, 0.717) is 5.69 Å². The molecule has 0 fully saturated rings. The van der Waals surface area contributed by atoms with Crippen molar-refractivity contribution in [3.63, 3.8) is 0 Å². The zero-order valence-electron chi connectivity index (χ0n) is 8.34. The molecule has 0 heterocycles. The van der Waals surface area contributed by atoms with E-state index in [0.717, 1.165) is 10.2 Å². The molecule has 0 saturated heterocycles. The Bertz CT molecular complexity index is 444. The van der Waals surface area contributed by atoms with E-state index in [-0.39, 0.29) is 5.75 Å². The van der Waals surface area contributed by atoms with E-state index < -0.39 is 0 Å². The van der Waals surface area contributed by atoms with Crippen LogP contribution in [-0.4, -0.2) is 5.11 Å². The third-order valence-electron chi connectivity index (χ3n) is 1.96. The van der Waals surface area contributed by atoms with Crippen molar-refractivity contribution in [3.05, 3.63) is 53.0 Å². The maximum absolute atomic E-state index is 9.09. The molecule has 0 aliphatic heterocycles. The van der Waals surface area contributed by atoms with Gasteiger partial charge in [0, 0.05) is 4.47 Å². The zero-order chi connectivity index (χ0) is 11.4. The Morgan fingerprint density at radius 1 is 0.750 bits per heavy atom. The van der Waals surface area contributed by atoms with Gasteiger partial charge in [-0.3, -0.25) is 0 Å². The summed E-state index contributed by atoms with van der Waals surface area (Å²) in [4.78, 5) is 0. The van der Waals surface area contributed by atoms with Crippen LogP contribution in [0.2, 0.25) is 0 Å². The lowest BCUT2D eigenvalue weighted by atomic mass is 10.3. The molecular weight excluding hydrogens is 268 g/mol. The zero-order valence-corrected chi connectivity index (χ0v) is 9.92. The number of benzene rings is 2. The molecule has 2 aromatic carbocycles. The summed E-state index contributed by atoms with van der Waals surface area (Å²) in [6.07, 6.45) is 0. The van der Waals surface area contributed by atoms with Crippen LogP contribution in [0.1, 0.15) is 0 Å². The predicted octanol–water partition coefficient (Wildman–Crippen LogP) is 4.57. The number of azo groups is 1. The second-order valence-corrected chi connectivity index (χ2v) is 4.11. The normalized spacial score (nSPS) is 10.8. The number of aromatic hydroxyl groups is 1. The van der Waals surface area contributed by atoms with Gasteiger partial charge in [-0.1, -0.05) is 15.9 Å². The van der Waals surface area contributed by atoms with E-state index >= 15 is 0 Å². The molecule has 0 saturated carbocycles. The highest BCUT2D eigenvalue weighted by atomic mass is 79.9. The summed E-state index contributed by atoms with van der Waals surface area (Å²) in [6.45, 7) is 0. The van der Waals surface area contributed by atoms with Crippen LogP contribution >= 0.6 is 15.9 Å². The third-order valence-corrected chi connectivity index (χ3v) is 2.49. The van der Waals surface area contributed by atoms with Gasteiger partial charge in [-0.25, -0.2) is 0 Å². The first-order chi connectivity index (χ1) is 7.74. The average Bonchev–Trinajstić information content (AvgIpc) is 2.30. The van der Waals surface area contributed by atoms with Crippen molar-refractivity contribution in [2.24, 2.45) is 10.2 Å². The second-order valence-electron chi connectivity index (χ2n) is 3.19. The van der Waals surface area contributed by atoms with Crippen LogP contribution in [0.3, 0.4) is 0 Å². The first-order valence-corrected chi connectivity index (χ1v) is 5.50. The molecule has 0 bridgehead atoms. The Morgan fingerprint density at radius 3 is 1.69 bits per heavy atom. The van der Waals surface area contributed by atoms with Crippen LogP contribution in [0.15, 0.2) is 63.2 Å². The number of nitrogens with zero attached hydrogens (tertiary/aromatic N) is 2. The van der Waals surface area contributed by atoms with Crippen molar-refractivity contribution in [2.75, 3.05) is 0 Å². The first-order valence-electron chi connectivity index (χ1n) is 4.70. The van der Waals surface area contributed by atoms with Gasteiger partial charge in [0.05, 0.1) is 11.4 Å². The molecule has 0 aliphatic carbocycles. The highest BCUT2D eigenvalue weighted by Crippen LogP contribution is 2.21. The third kappa shape index (κ3) is 2.90. The smallest absolute Gasteiger partial charge is 0.115 e. The summed E-state index contributed by atoms with van der Waals surface area (Å²) in [7, 11) is 0. The van der Waals surface area contributed by atoms with Crippen molar-refractivity contribution in [1.29, 1.82) is 0 Å². The van der Waals surface area contributed by atoms with E-state index in [1.165, 1.54) is 0 Å². The molecule has 2 aromatic rings. The van der Waals surface area contributed by atoms with Gasteiger partial charge in [-0.2, -0.15) is 10.2 Å². The highest BCUT2D eigenvalue weighted by Gasteiger charge is 1.91. The molecular formula is C12H9BrN2O. The largest absolute Gasteiger partial charge is 0.508 e. The van der Waals surface area contributed by atoms with Gasteiger partial charge in [0.1, 0.15) is 5.75 Å². The second kappa shape index (κ2) is 4.90. The lowest BCUT2D eigenvalue weighted by Gasteiger charge is -1.94. The molecule has 80 valence electrons. The van der Waals surface area contributed by atoms with Crippen molar-refractivity contribution < 1.29 is 5.11 Å². The van der Waals surface area contributed by atoms with Crippen LogP contribution in [0.4, 0.5) is 11.4 Å². The van der Waals surface area contributed by atoms with Crippen molar-refractivity contribution in [3.8, 4) is 5.75 Å². The topological polar surface area (TPSA) is 45.0 Å². The Morgan fingerprint density at radius 2 is 1.19 bits per heavy atom. The van der Waals surface area contributed by atoms with Gasteiger partial charge in [0.25, 0.3) is 0 Å². The van der Waals surface area contributed by atoms with Gasteiger partial charge in [0.15, 0.2) is 0 Å². The number of hydrogen-bond donors (Lipinski definition) is 1. The van der Waals surface area contributed by atoms with E-state index in [9.17, 15) is 0 Å². The molecule has 1 N–H and O–H groups in total. The molecule has 2 rings (SSSR count). The van der Waals surface area contributed by atoms with Crippen LogP contribution in [0.5, 0.6) is 5.75 Å². The standard InChI is InChI=1S/C12H9BrN2O/c13-9-1-3-10(4-2-9)14-15-11-5-7-12(16)8-6-11/h1-8,16H. The quantitative estimate of drug-likeness (QED) is 0.803. The maximum atomic E-state index is 9.09. The van der Waals surface area contributed by atoms with Gasteiger partial charge in [0.2, 0.25) is 0 Å². The monoisotopic (exact) mass is 276 g/mol. The van der Waals surface area contributed by atoms with E-state index in [1.54, 1.807) is 24.3 Å². The molecule has 4 heteroatoms. The number of hydrogen-bond acceptors (Lipinski definition) is 3. The van der Waals surface area contributed by atoms with Crippen LogP contribution in [-0.2, 0) is 0 Å². The van der Waals surface area contributed by atoms with E-state index in [1.807, 2.05) is 24.3 Å². The minimum absolute atomic E-state index is 0.225. The molecule has 0 aromatic heterocycles. The number of phenols is 1. The molecule has 0 unspecified atom stereocenters. The summed E-state index contributed by atoms with van der Waals surface area (Å²) in [6, 6.07) is 14.1. The molecule has 0 spiro atoms. The van der Waals surface area contributed by atoms with Gasteiger partial charge in [-0.15, -0.1) is 0 Å². The van der Waals surface area contributed by atoms with E-state index in [4.69, 9.17) is 5.11 Å². The number of phenolic OH excluding ortho intramolecular Hbond substituents is 1. The van der Waals surface area contributed by atoms with Gasteiger partial charge in [-0.05, 0) is 48.5 Å². The fourth-order valence-electron chi connectivity index (χ4n) is 1.14. The SMILES string of the molecule is Oc1ccc(N=Nc2ccc(Br)cc2)cc1. The molecule has 16 heavy (non-hydrogen) atoms. The number of rotatable bonds is 2. The maximum Gasteiger partial charge on any atom is 0.115 e. The molecule has 0 amide bonds. The molecule has 0 radical (unpaired) electrons. The van der Waals surface area contributed by atoms with E-state index in [2.05, 4.69) is 26.2 Å². The summed E-state index contributed by atoms with van der Waals surface area (Å²) in [5, 5.41) is 17.2. The Kier molecular flexibility index (Phi) is 3.31. The fraction of sp³-hybridized carbons (Fsp3) is 0. The van der Waals surface area contributed by atoms with Crippen molar-refractivity contribution in [2.45, 2.75) is 0 Å². The molecule has 0 aliphatic rings. The Balaban J connectivity index is 2.15. The lowest BCUT2D eigenvalue weighted by molar-refractivity contribution is 0.475.